The Kier molecular flexibility index (Phi) is 7.47. The van der Waals surface area contributed by atoms with Gasteiger partial charge in [-0.15, -0.1) is 0 Å². The number of pyridine rings is 1. The van der Waals surface area contributed by atoms with Crippen LogP contribution in [0, 0.1) is 24.2 Å². The Bertz CT molecular complexity index is 1480. The van der Waals surface area contributed by atoms with E-state index in [1.807, 2.05) is 25.3 Å². The number of fused-ring (bicyclic) bond motifs is 3. The van der Waals surface area contributed by atoms with Gasteiger partial charge in [-0.05, 0) is 74.8 Å². The van der Waals surface area contributed by atoms with Crippen molar-refractivity contribution in [3.05, 3.63) is 60.0 Å². The lowest BCUT2D eigenvalue weighted by Gasteiger charge is -2.43. The lowest BCUT2D eigenvalue weighted by Crippen LogP contribution is -2.54. The summed E-state index contributed by atoms with van der Waals surface area (Å²) in [6.45, 7) is 2.73. The van der Waals surface area contributed by atoms with Crippen LogP contribution in [0.25, 0.3) is 10.9 Å². The zero-order valence-corrected chi connectivity index (χ0v) is 23.1. The Morgan fingerprint density at radius 2 is 1.95 bits per heavy atom. The molecule has 2 aliphatic heterocycles. The molecule has 0 radical (unpaired) electrons. The van der Waals surface area contributed by atoms with E-state index in [1.54, 1.807) is 6.20 Å². The smallest absolute Gasteiger partial charge is 0.225 e. The summed E-state index contributed by atoms with van der Waals surface area (Å²) in [7, 11) is 2.08. The van der Waals surface area contributed by atoms with Crippen molar-refractivity contribution in [3.8, 4) is 6.07 Å². The molecule has 1 aromatic carbocycles. The second-order valence-electron chi connectivity index (χ2n) is 11.3. The van der Waals surface area contributed by atoms with Gasteiger partial charge in [0.1, 0.15) is 5.82 Å². The summed E-state index contributed by atoms with van der Waals surface area (Å²) < 4.78 is 0. The molecular formula is C30H36N10. The van der Waals surface area contributed by atoms with E-state index >= 15 is 0 Å². The number of nitrogens with one attached hydrogen (secondary N) is 4. The second-order valence-corrected chi connectivity index (χ2v) is 11.3. The fourth-order valence-corrected chi connectivity index (χ4v) is 6.26. The monoisotopic (exact) mass is 536 g/mol. The van der Waals surface area contributed by atoms with Gasteiger partial charge in [0.15, 0.2) is 5.82 Å². The predicted octanol–water partition coefficient (Wildman–Crippen LogP) is 5.05. The van der Waals surface area contributed by atoms with Crippen LogP contribution in [0.5, 0.6) is 0 Å². The molecule has 0 amide bonds. The van der Waals surface area contributed by atoms with Crippen LogP contribution in [0.15, 0.2) is 48.8 Å². The molecule has 206 valence electrons. The lowest BCUT2D eigenvalue weighted by atomic mass is 9.77. The summed E-state index contributed by atoms with van der Waals surface area (Å²) in [4.78, 5) is 16.4. The number of H-pyrrole nitrogens is 1. The van der Waals surface area contributed by atoms with Gasteiger partial charge in [0.25, 0.3) is 0 Å². The third-order valence-corrected chi connectivity index (χ3v) is 8.06. The van der Waals surface area contributed by atoms with Gasteiger partial charge in [-0.1, -0.05) is 6.07 Å². The number of nitriles is 1. The van der Waals surface area contributed by atoms with Crippen molar-refractivity contribution in [3.63, 3.8) is 0 Å². The van der Waals surface area contributed by atoms with Gasteiger partial charge in [-0.25, -0.2) is 4.98 Å². The highest BCUT2D eigenvalue weighted by Gasteiger charge is 2.35. The van der Waals surface area contributed by atoms with Gasteiger partial charge in [-0.3, -0.25) is 10.1 Å². The number of benzene rings is 1. The Hall–Kier alpha value is -4.23. The molecule has 0 saturated carbocycles. The first kappa shape index (κ1) is 26.0. The number of aryl methyl sites for hydroxylation is 1. The largest absolute Gasteiger partial charge is 0.370 e. The van der Waals surface area contributed by atoms with E-state index in [2.05, 4.69) is 73.4 Å². The molecule has 40 heavy (non-hydrogen) atoms. The molecule has 2 unspecified atom stereocenters. The van der Waals surface area contributed by atoms with Crippen molar-refractivity contribution < 1.29 is 0 Å². The number of hydrogen-bond acceptors (Lipinski definition) is 9. The molecule has 3 aromatic heterocycles. The minimum absolute atomic E-state index is 0.294. The van der Waals surface area contributed by atoms with Crippen LogP contribution in [-0.2, 0) is 6.54 Å². The highest BCUT2D eigenvalue weighted by Crippen LogP contribution is 2.34. The fraction of sp³-hybridized carbons (Fsp3) is 0.433. The van der Waals surface area contributed by atoms with Crippen molar-refractivity contribution in [2.24, 2.45) is 5.92 Å². The Labute approximate surface area is 234 Å². The Morgan fingerprint density at radius 1 is 1.10 bits per heavy atom. The normalized spacial score (nSPS) is 22.0. The van der Waals surface area contributed by atoms with Crippen molar-refractivity contribution in [1.29, 1.82) is 5.26 Å². The van der Waals surface area contributed by atoms with E-state index < -0.39 is 0 Å². The van der Waals surface area contributed by atoms with Crippen LogP contribution in [0.3, 0.4) is 0 Å². The molecule has 10 nitrogen and oxygen atoms in total. The van der Waals surface area contributed by atoms with Crippen molar-refractivity contribution in [2.45, 2.75) is 70.1 Å². The number of rotatable bonds is 9. The van der Waals surface area contributed by atoms with E-state index in [4.69, 9.17) is 15.2 Å². The average Bonchev–Trinajstić information content (AvgIpc) is 3.36. The summed E-state index contributed by atoms with van der Waals surface area (Å²) >= 11 is 0. The van der Waals surface area contributed by atoms with E-state index in [-0.39, 0.29) is 0 Å². The quantitative estimate of drug-likeness (QED) is 0.232. The Morgan fingerprint density at radius 3 is 2.67 bits per heavy atom. The summed E-state index contributed by atoms with van der Waals surface area (Å²) in [5.74, 6) is 2.72. The molecule has 2 fully saturated rings. The van der Waals surface area contributed by atoms with Gasteiger partial charge >= 0.3 is 0 Å². The Balaban J connectivity index is 1.25. The van der Waals surface area contributed by atoms with Crippen LogP contribution < -0.4 is 20.9 Å². The van der Waals surface area contributed by atoms with E-state index in [0.717, 1.165) is 78.1 Å². The molecule has 4 aromatic rings. The minimum Gasteiger partial charge on any atom is -0.370 e. The number of aromatic nitrogens is 5. The molecule has 2 saturated heterocycles. The first-order valence-corrected chi connectivity index (χ1v) is 14.1. The predicted molar refractivity (Wildman–Crippen MR) is 157 cm³/mol. The molecule has 2 aliphatic rings. The molecule has 4 N–H and O–H groups in total. The van der Waals surface area contributed by atoms with Gasteiger partial charge in [-0.2, -0.15) is 15.3 Å². The second kappa shape index (κ2) is 11.5. The minimum atomic E-state index is 0.294. The summed E-state index contributed by atoms with van der Waals surface area (Å²) in [6, 6.07) is 15.9. The molecule has 0 aliphatic carbocycles. The summed E-state index contributed by atoms with van der Waals surface area (Å²) in [5, 5.41) is 28.2. The highest BCUT2D eigenvalue weighted by atomic mass is 15.2. The maximum absolute atomic E-state index is 9.01. The van der Waals surface area contributed by atoms with Crippen LogP contribution in [0.2, 0.25) is 0 Å². The molecule has 4 atom stereocenters. The van der Waals surface area contributed by atoms with Crippen molar-refractivity contribution in [2.75, 3.05) is 22.6 Å². The lowest BCUT2D eigenvalue weighted by molar-refractivity contribution is 0.171. The van der Waals surface area contributed by atoms with Gasteiger partial charge < -0.3 is 20.9 Å². The fourth-order valence-electron chi connectivity index (χ4n) is 6.26. The number of piperidine rings is 2. The topological polar surface area (TPSA) is 130 Å². The first-order chi connectivity index (χ1) is 19.5. The summed E-state index contributed by atoms with van der Waals surface area (Å²) in [6.07, 6.45) is 9.67. The maximum atomic E-state index is 9.01. The van der Waals surface area contributed by atoms with Gasteiger partial charge in [0.05, 0.1) is 11.6 Å². The maximum Gasteiger partial charge on any atom is 0.225 e. The van der Waals surface area contributed by atoms with Crippen LogP contribution in [0.1, 0.15) is 49.8 Å². The number of anilines is 4. The standard InChI is InChI=1S/C30H36N10/c1-19-11-28(39-38-19)36-29-26-8-7-25(40(2)18-21-6-4-10-32-17-21)16-27(26)35-30(37-29)34-24-14-22-12-20(5-3-9-31)13-23(15-24)33-22/h4,6-8,10-11,16-17,20,22-24,33H,3,5,12-15,18H2,1-2H3,(H3,34,35,36,37,38,39)/t20?,22-,23+,24?. The summed E-state index contributed by atoms with van der Waals surface area (Å²) in [5.41, 5.74) is 4.07. The number of hydrogen-bond donors (Lipinski definition) is 4. The highest BCUT2D eigenvalue weighted by molar-refractivity contribution is 5.93. The van der Waals surface area contributed by atoms with Crippen LogP contribution >= 0.6 is 0 Å². The van der Waals surface area contributed by atoms with E-state index in [1.165, 1.54) is 0 Å². The molecule has 10 heteroatoms. The average molecular weight is 537 g/mol. The first-order valence-electron chi connectivity index (χ1n) is 14.1. The van der Waals surface area contributed by atoms with Gasteiger partial charge in [0, 0.05) is 73.4 Å². The van der Waals surface area contributed by atoms with E-state index in [9.17, 15) is 0 Å². The molecule has 0 spiro atoms. The third-order valence-electron chi connectivity index (χ3n) is 8.06. The van der Waals surface area contributed by atoms with Crippen LogP contribution in [-0.4, -0.2) is 50.3 Å². The van der Waals surface area contributed by atoms with Crippen molar-refractivity contribution in [1.82, 2.24) is 30.5 Å². The third kappa shape index (κ3) is 6.00. The SMILES string of the molecule is Cc1cc(Nc2nc(NC3C[C@H]4CC(CCC#N)C[C@@H](C3)N4)nc3cc(N(C)Cc4cccnc4)ccc23)n[nH]1. The van der Waals surface area contributed by atoms with E-state index in [0.29, 0.717) is 36.4 Å². The molecule has 5 heterocycles. The molecular weight excluding hydrogens is 500 g/mol. The molecule has 6 rings (SSSR count). The van der Waals surface area contributed by atoms with Crippen LogP contribution in [0.4, 0.5) is 23.3 Å². The number of aromatic amines is 1. The van der Waals surface area contributed by atoms with Crippen molar-refractivity contribution >= 4 is 34.2 Å². The molecule has 2 bridgehead atoms. The number of nitrogens with zero attached hydrogens (tertiary/aromatic N) is 6. The zero-order valence-electron chi connectivity index (χ0n) is 23.1. The zero-order chi connectivity index (χ0) is 27.5. The van der Waals surface area contributed by atoms with Gasteiger partial charge in [0.2, 0.25) is 5.95 Å².